The number of benzene rings is 3. The van der Waals surface area contributed by atoms with Crippen LogP contribution < -0.4 is 4.90 Å². The van der Waals surface area contributed by atoms with Crippen LogP contribution in [0.15, 0.2) is 72.8 Å². The number of halogens is 1. The van der Waals surface area contributed by atoms with Crippen LogP contribution in [-0.2, 0) is 25.8 Å². The highest BCUT2D eigenvalue weighted by molar-refractivity contribution is 6.31. The van der Waals surface area contributed by atoms with Crippen molar-refractivity contribution in [1.29, 1.82) is 0 Å². The van der Waals surface area contributed by atoms with Crippen LogP contribution in [0.4, 0.5) is 5.69 Å². The molecule has 0 saturated carbocycles. The predicted octanol–water partition coefficient (Wildman–Crippen LogP) is 5.92. The fourth-order valence-corrected chi connectivity index (χ4v) is 5.02. The second kappa shape index (κ2) is 9.91. The molecule has 0 radical (unpaired) electrons. The van der Waals surface area contributed by atoms with Crippen LogP contribution in [0.1, 0.15) is 33.8 Å². The molecule has 0 atom stereocenters. The van der Waals surface area contributed by atoms with E-state index in [1.54, 1.807) is 0 Å². The van der Waals surface area contributed by atoms with E-state index in [1.807, 2.05) is 30.3 Å². The smallest absolute Gasteiger partial charge is 0.174 e. The van der Waals surface area contributed by atoms with E-state index in [9.17, 15) is 0 Å². The summed E-state index contributed by atoms with van der Waals surface area (Å²) in [5, 5.41) is 16.2. The first-order chi connectivity index (χ1) is 17.7. The molecular formula is C29H25ClN6. The molecule has 1 aliphatic rings. The van der Waals surface area contributed by atoms with Gasteiger partial charge < -0.3 is 4.90 Å². The van der Waals surface area contributed by atoms with Crippen molar-refractivity contribution in [3.8, 4) is 0 Å². The third-order valence-corrected chi connectivity index (χ3v) is 6.89. The largest absolute Gasteiger partial charge is 0.366 e. The fraction of sp³-hybridized carbons (Fsp3) is 0.172. The molecule has 178 valence electrons. The van der Waals surface area contributed by atoms with Gasteiger partial charge in [0.1, 0.15) is 0 Å². The average Bonchev–Trinajstić information content (AvgIpc) is 3.57. The van der Waals surface area contributed by atoms with Crippen LogP contribution in [0.5, 0.6) is 0 Å². The molecule has 3 heterocycles. The van der Waals surface area contributed by atoms with Gasteiger partial charge in [-0.05, 0) is 59.4 Å². The number of nitrogens with zero attached hydrogens (tertiary/aromatic N) is 5. The summed E-state index contributed by atoms with van der Waals surface area (Å²) >= 11 is 6.12. The predicted molar refractivity (Wildman–Crippen MR) is 145 cm³/mol. The van der Waals surface area contributed by atoms with E-state index in [1.165, 1.54) is 22.4 Å². The maximum absolute atomic E-state index is 6.12. The Bertz CT molecular complexity index is 1530. The number of anilines is 1. The highest BCUT2D eigenvalue weighted by atomic mass is 35.5. The first-order valence-electron chi connectivity index (χ1n) is 12.1. The Balaban J connectivity index is 1.14. The Morgan fingerprint density at radius 3 is 2.69 bits per heavy atom. The number of nitrogens with one attached hydrogen (secondary N) is 1. The Kier molecular flexibility index (Phi) is 6.18. The maximum atomic E-state index is 6.12. The molecule has 7 heteroatoms. The van der Waals surface area contributed by atoms with Crippen molar-refractivity contribution < 1.29 is 0 Å². The van der Waals surface area contributed by atoms with E-state index in [0.717, 1.165) is 60.3 Å². The molecule has 2 aromatic heterocycles. The van der Waals surface area contributed by atoms with Crippen LogP contribution in [0.3, 0.4) is 0 Å². The topological polar surface area (TPSA) is 70.6 Å². The second-order valence-corrected chi connectivity index (χ2v) is 9.51. The van der Waals surface area contributed by atoms with Gasteiger partial charge in [0.2, 0.25) is 0 Å². The number of tetrazole rings is 1. The van der Waals surface area contributed by atoms with Gasteiger partial charge >= 0.3 is 0 Å². The van der Waals surface area contributed by atoms with Gasteiger partial charge in [0.05, 0.1) is 11.2 Å². The molecule has 0 unspecified atom stereocenters. The van der Waals surface area contributed by atoms with Crippen molar-refractivity contribution in [1.82, 2.24) is 25.6 Å². The zero-order valence-electron chi connectivity index (χ0n) is 19.7. The second-order valence-electron chi connectivity index (χ2n) is 9.07. The Hall–Kier alpha value is -4.03. The standard InChI is InChI=1S/C29H25ClN6/c30-25-12-9-22-10-14-26(31-27(22)18-25)13-8-20-4-6-21(7-5-20)19-36-17-16-24-3-1-2-23(29(24)36)11-15-28-32-34-35-33-28/h1-10,12-14,18H,11,15-17,19H2,(H,32,33,34,35)/b13-8+. The van der Waals surface area contributed by atoms with Gasteiger partial charge in [-0.1, -0.05) is 77.5 Å². The van der Waals surface area contributed by atoms with E-state index < -0.39 is 0 Å². The number of aromatic nitrogens is 5. The average molecular weight is 493 g/mol. The number of aryl methyl sites for hydroxylation is 2. The van der Waals surface area contributed by atoms with Crippen molar-refractivity contribution in [2.24, 2.45) is 0 Å². The Morgan fingerprint density at radius 1 is 0.944 bits per heavy atom. The number of hydrogen-bond acceptors (Lipinski definition) is 5. The third kappa shape index (κ3) is 4.86. The fourth-order valence-electron chi connectivity index (χ4n) is 4.85. The van der Waals surface area contributed by atoms with E-state index in [0.29, 0.717) is 5.02 Å². The lowest BCUT2D eigenvalue weighted by atomic mass is 10.0. The lowest BCUT2D eigenvalue weighted by Crippen LogP contribution is -2.21. The highest BCUT2D eigenvalue weighted by Crippen LogP contribution is 2.33. The number of aromatic amines is 1. The van der Waals surface area contributed by atoms with Crippen molar-refractivity contribution in [2.75, 3.05) is 11.4 Å². The number of H-pyrrole nitrogens is 1. The molecule has 6 rings (SSSR count). The molecule has 0 aliphatic carbocycles. The molecule has 0 fully saturated rings. The van der Waals surface area contributed by atoms with E-state index in [2.05, 4.69) is 80.1 Å². The van der Waals surface area contributed by atoms with Gasteiger partial charge in [-0.25, -0.2) is 4.98 Å². The summed E-state index contributed by atoms with van der Waals surface area (Å²) < 4.78 is 0. The summed E-state index contributed by atoms with van der Waals surface area (Å²) in [6, 6.07) is 25.3. The molecule has 3 aromatic carbocycles. The van der Waals surface area contributed by atoms with E-state index in [-0.39, 0.29) is 0 Å². The first kappa shape index (κ1) is 22.4. The number of pyridine rings is 1. The summed E-state index contributed by atoms with van der Waals surface area (Å²) in [4.78, 5) is 7.20. The van der Waals surface area contributed by atoms with Crippen LogP contribution in [0.2, 0.25) is 5.02 Å². The minimum atomic E-state index is 0.700. The summed E-state index contributed by atoms with van der Waals surface area (Å²) in [5.74, 6) is 0.753. The lowest BCUT2D eigenvalue weighted by molar-refractivity contribution is 0.819. The van der Waals surface area contributed by atoms with Crippen LogP contribution in [0, 0.1) is 0 Å². The van der Waals surface area contributed by atoms with Gasteiger partial charge in [0, 0.05) is 35.6 Å². The molecule has 0 bridgehead atoms. The van der Waals surface area contributed by atoms with Crippen molar-refractivity contribution in [3.63, 3.8) is 0 Å². The molecule has 0 amide bonds. The number of para-hydroxylation sites is 1. The molecule has 0 saturated heterocycles. The monoisotopic (exact) mass is 492 g/mol. The van der Waals surface area contributed by atoms with E-state index >= 15 is 0 Å². The Morgan fingerprint density at radius 2 is 1.83 bits per heavy atom. The van der Waals surface area contributed by atoms with Crippen LogP contribution in [0.25, 0.3) is 23.1 Å². The summed E-state index contributed by atoms with van der Waals surface area (Å²) in [6.07, 6.45) is 6.90. The van der Waals surface area contributed by atoms with Crippen LogP contribution in [-0.4, -0.2) is 32.2 Å². The van der Waals surface area contributed by atoms with Gasteiger partial charge in [0.15, 0.2) is 5.82 Å². The maximum Gasteiger partial charge on any atom is 0.174 e. The van der Waals surface area contributed by atoms with Gasteiger partial charge in [-0.2, -0.15) is 5.21 Å². The van der Waals surface area contributed by atoms with Gasteiger partial charge in [0.25, 0.3) is 0 Å². The minimum Gasteiger partial charge on any atom is -0.366 e. The normalized spacial score (nSPS) is 13.1. The van der Waals surface area contributed by atoms with Crippen molar-refractivity contribution >= 4 is 40.3 Å². The van der Waals surface area contributed by atoms with Crippen molar-refractivity contribution in [2.45, 2.75) is 25.8 Å². The summed E-state index contributed by atoms with van der Waals surface area (Å²) in [7, 11) is 0. The molecule has 36 heavy (non-hydrogen) atoms. The zero-order chi connectivity index (χ0) is 24.3. The lowest BCUT2D eigenvalue weighted by Gasteiger charge is -2.22. The number of hydrogen-bond donors (Lipinski definition) is 1. The molecule has 5 aromatic rings. The van der Waals surface area contributed by atoms with E-state index in [4.69, 9.17) is 16.6 Å². The Labute approximate surface area is 214 Å². The van der Waals surface area contributed by atoms with Crippen molar-refractivity contribution in [3.05, 3.63) is 112 Å². The molecule has 1 aliphatic heterocycles. The molecular weight excluding hydrogens is 468 g/mol. The third-order valence-electron chi connectivity index (χ3n) is 6.65. The van der Waals surface area contributed by atoms with Gasteiger partial charge in [-0.3, -0.25) is 0 Å². The number of rotatable bonds is 7. The zero-order valence-corrected chi connectivity index (χ0v) is 20.5. The van der Waals surface area contributed by atoms with Gasteiger partial charge in [-0.15, -0.1) is 10.2 Å². The minimum absolute atomic E-state index is 0.700. The SMILES string of the molecule is Clc1ccc2ccc(/C=C/c3ccc(CN4CCc5cccc(CCc6nn[nH]n6)c54)cc3)nc2c1. The molecule has 6 nitrogen and oxygen atoms in total. The summed E-state index contributed by atoms with van der Waals surface area (Å²) in [6.45, 7) is 1.93. The number of fused-ring (bicyclic) bond motifs is 2. The highest BCUT2D eigenvalue weighted by Gasteiger charge is 2.22. The molecule has 1 N–H and O–H groups in total. The summed E-state index contributed by atoms with van der Waals surface area (Å²) in [5.41, 5.74) is 8.40. The quantitative estimate of drug-likeness (QED) is 0.305. The first-order valence-corrected chi connectivity index (χ1v) is 12.5. The molecule has 0 spiro atoms. The van der Waals surface area contributed by atoms with Crippen LogP contribution >= 0.6 is 11.6 Å².